The standard InChI is InChI=1S/C18H25ClN2O2/c1-12(2)16(18(23)21-11-7-6-8-13(21)3)20-17(22)14-9-4-5-10-15(14)19/h4-5,9-10,12-13,16H,6-8,11H2,1-3H3,(H,20,22). The molecule has 1 saturated heterocycles. The van der Waals surface area contributed by atoms with Gasteiger partial charge in [0.05, 0.1) is 10.6 Å². The van der Waals surface area contributed by atoms with Crippen LogP contribution in [-0.2, 0) is 4.79 Å². The van der Waals surface area contributed by atoms with E-state index in [0.29, 0.717) is 10.6 Å². The fraction of sp³-hybridized carbons (Fsp3) is 0.556. The van der Waals surface area contributed by atoms with Crippen LogP contribution in [0, 0.1) is 5.92 Å². The van der Waals surface area contributed by atoms with Crippen LogP contribution in [0.5, 0.6) is 0 Å². The number of nitrogens with one attached hydrogen (secondary N) is 1. The third-order valence-electron chi connectivity index (χ3n) is 4.42. The molecule has 0 aromatic heterocycles. The van der Waals surface area contributed by atoms with Gasteiger partial charge < -0.3 is 10.2 Å². The molecule has 23 heavy (non-hydrogen) atoms. The molecule has 0 bridgehead atoms. The lowest BCUT2D eigenvalue weighted by molar-refractivity contribution is -0.137. The van der Waals surface area contributed by atoms with Gasteiger partial charge in [-0.1, -0.05) is 37.6 Å². The number of hydrogen-bond acceptors (Lipinski definition) is 2. The molecule has 0 radical (unpaired) electrons. The van der Waals surface area contributed by atoms with Crippen LogP contribution in [0.1, 0.15) is 50.4 Å². The van der Waals surface area contributed by atoms with Crippen molar-refractivity contribution in [3.8, 4) is 0 Å². The van der Waals surface area contributed by atoms with E-state index in [9.17, 15) is 9.59 Å². The number of nitrogens with zero attached hydrogens (tertiary/aromatic N) is 1. The van der Waals surface area contributed by atoms with Crippen molar-refractivity contribution < 1.29 is 9.59 Å². The second kappa shape index (κ2) is 7.82. The first-order valence-corrected chi connectivity index (χ1v) is 8.65. The summed E-state index contributed by atoms with van der Waals surface area (Å²) in [5.41, 5.74) is 0.402. The van der Waals surface area contributed by atoms with Crippen LogP contribution in [0.4, 0.5) is 0 Å². The number of halogens is 1. The first-order valence-electron chi connectivity index (χ1n) is 8.27. The summed E-state index contributed by atoms with van der Waals surface area (Å²) in [6, 6.07) is 6.59. The van der Waals surface area contributed by atoms with Gasteiger partial charge in [-0.15, -0.1) is 0 Å². The van der Waals surface area contributed by atoms with Gasteiger partial charge >= 0.3 is 0 Å². The second-order valence-electron chi connectivity index (χ2n) is 6.55. The highest BCUT2D eigenvalue weighted by atomic mass is 35.5. The summed E-state index contributed by atoms with van der Waals surface area (Å²) in [5, 5.41) is 3.27. The van der Waals surface area contributed by atoms with Gasteiger partial charge in [0.15, 0.2) is 0 Å². The van der Waals surface area contributed by atoms with Gasteiger partial charge in [0, 0.05) is 12.6 Å². The van der Waals surface area contributed by atoms with E-state index in [1.165, 1.54) is 0 Å². The van der Waals surface area contributed by atoms with Crippen LogP contribution in [0.25, 0.3) is 0 Å². The van der Waals surface area contributed by atoms with E-state index in [-0.39, 0.29) is 23.8 Å². The largest absolute Gasteiger partial charge is 0.340 e. The van der Waals surface area contributed by atoms with E-state index in [0.717, 1.165) is 25.8 Å². The van der Waals surface area contributed by atoms with Crippen LogP contribution >= 0.6 is 11.6 Å². The fourth-order valence-corrected chi connectivity index (χ4v) is 3.20. The van der Waals surface area contributed by atoms with Crippen molar-refractivity contribution in [3.05, 3.63) is 34.9 Å². The molecule has 1 aromatic rings. The zero-order valence-electron chi connectivity index (χ0n) is 14.0. The summed E-state index contributed by atoms with van der Waals surface area (Å²) in [6.45, 7) is 6.74. The van der Waals surface area contributed by atoms with Crippen molar-refractivity contribution in [2.75, 3.05) is 6.54 Å². The molecular formula is C18H25ClN2O2. The predicted molar refractivity (Wildman–Crippen MR) is 92.6 cm³/mol. The Bertz CT molecular complexity index is 574. The molecule has 1 heterocycles. The summed E-state index contributed by atoms with van der Waals surface area (Å²) in [7, 11) is 0. The molecule has 0 spiro atoms. The van der Waals surface area contributed by atoms with E-state index in [2.05, 4.69) is 12.2 Å². The lowest BCUT2D eigenvalue weighted by Crippen LogP contribution is -2.54. The zero-order chi connectivity index (χ0) is 17.0. The highest BCUT2D eigenvalue weighted by Gasteiger charge is 2.32. The van der Waals surface area contributed by atoms with Crippen molar-refractivity contribution in [2.45, 2.75) is 52.1 Å². The third-order valence-corrected chi connectivity index (χ3v) is 4.75. The number of likely N-dealkylation sites (tertiary alicyclic amines) is 1. The van der Waals surface area contributed by atoms with Gasteiger partial charge in [0.1, 0.15) is 6.04 Å². The molecule has 1 N–H and O–H groups in total. The Morgan fingerprint density at radius 3 is 2.57 bits per heavy atom. The smallest absolute Gasteiger partial charge is 0.253 e. The number of rotatable bonds is 4. The molecule has 2 atom stereocenters. The molecule has 2 rings (SSSR count). The van der Waals surface area contributed by atoms with Gasteiger partial charge in [0.2, 0.25) is 5.91 Å². The van der Waals surface area contributed by atoms with Crippen molar-refractivity contribution >= 4 is 23.4 Å². The molecule has 1 aliphatic heterocycles. The minimum absolute atomic E-state index is 0.00704. The second-order valence-corrected chi connectivity index (χ2v) is 6.96. The normalized spacial score (nSPS) is 19.5. The van der Waals surface area contributed by atoms with E-state index in [4.69, 9.17) is 11.6 Å². The fourth-order valence-electron chi connectivity index (χ4n) is 2.98. The monoisotopic (exact) mass is 336 g/mol. The Kier molecular flexibility index (Phi) is 6.05. The lowest BCUT2D eigenvalue weighted by atomic mass is 9.97. The quantitative estimate of drug-likeness (QED) is 0.914. The highest BCUT2D eigenvalue weighted by Crippen LogP contribution is 2.20. The number of carbonyl (C=O) groups excluding carboxylic acids is 2. The minimum atomic E-state index is -0.528. The first kappa shape index (κ1) is 17.8. The molecule has 0 saturated carbocycles. The third kappa shape index (κ3) is 4.25. The Hall–Kier alpha value is -1.55. The maximum absolute atomic E-state index is 12.9. The van der Waals surface area contributed by atoms with Crippen molar-refractivity contribution in [1.82, 2.24) is 10.2 Å². The highest BCUT2D eigenvalue weighted by molar-refractivity contribution is 6.33. The van der Waals surface area contributed by atoms with Crippen molar-refractivity contribution in [3.63, 3.8) is 0 Å². The number of benzene rings is 1. The molecule has 1 aromatic carbocycles. The van der Waals surface area contributed by atoms with Gasteiger partial charge in [0.25, 0.3) is 5.91 Å². The molecule has 1 aliphatic rings. The SMILES string of the molecule is CC(C)C(NC(=O)c1ccccc1Cl)C(=O)N1CCCCC1C. The topological polar surface area (TPSA) is 49.4 Å². The first-order chi connectivity index (χ1) is 10.9. The summed E-state index contributed by atoms with van der Waals surface area (Å²) >= 11 is 6.08. The summed E-state index contributed by atoms with van der Waals surface area (Å²) < 4.78 is 0. The van der Waals surface area contributed by atoms with E-state index < -0.39 is 6.04 Å². The molecule has 0 aliphatic carbocycles. The van der Waals surface area contributed by atoms with Crippen LogP contribution in [0.15, 0.2) is 24.3 Å². The van der Waals surface area contributed by atoms with Gasteiger partial charge in [-0.2, -0.15) is 0 Å². The number of carbonyl (C=O) groups is 2. The molecule has 126 valence electrons. The summed E-state index contributed by atoms with van der Waals surface area (Å²) in [6.07, 6.45) is 3.21. The van der Waals surface area contributed by atoms with Crippen molar-refractivity contribution in [2.24, 2.45) is 5.92 Å². The van der Waals surface area contributed by atoms with Crippen LogP contribution in [0.3, 0.4) is 0 Å². The zero-order valence-corrected chi connectivity index (χ0v) is 14.8. The number of hydrogen-bond donors (Lipinski definition) is 1. The maximum atomic E-state index is 12.9. The van der Waals surface area contributed by atoms with Crippen molar-refractivity contribution in [1.29, 1.82) is 0 Å². The van der Waals surface area contributed by atoms with Gasteiger partial charge in [-0.05, 0) is 44.2 Å². The van der Waals surface area contributed by atoms with Crippen LogP contribution in [0.2, 0.25) is 5.02 Å². The molecule has 2 unspecified atom stereocenters. The predicted octanol–water partition coefficient (Wildman–Crippen LogP) is 3.50. The molecule has 5 heteroatoms. The molecular weight excluding hydrogens is 312 g/mol. The lowest BCUT2D eigenvalue weighted by Gasteiger charge is -2.37. The molecule has 2 amide bonds. The minimum Gasteiger partial charge on any atom is -0.340 e. The van der Waals surface area contributed by atoms with Crippen LogP contribution in [-0.4, -0.2) is 35.3 Å². The summed E-state index contributed by atoms with van der Waals surface area (Å²) in [5.74, 6) is -0.275. The Morgan fingerprint density at radius 1 is 1.26 bits per heavy atom. The summed E-state index contributed by atoms with van der Waals surface area (Å²) in [4.78, 5) is 27.3. The number of amides is 2. The van der Waals surface area contributed by atoms with Crippen LogP contribution < -0.4 is 5.32 Å². The van der Waals surface area contributed by atoms with E-state index >= 15 is 0 Å². The molecule has 1 fully saturated rings. The number of piperidine rings is 1. The average molecular weight is 337 g/mol. The molecule has 4 nitrogen and oxygen atoms in total. The Balaban J connectivity index is 2.14. The maximum Gasteiger partial charge on any atom is 0.253 e. The Labute approximate surface area is 143 Å². The average Bonchev–Trinajstić information content (AvgIpc) is 2.52. The van der Waals surface area contributed by atoms with Gasteiger partial charge in [-0.3, -0.25) is 9.59 Å². The van der Waals surface area contributed by atoms with E-state index in [1.54, 1.807) is 24.3 Å². The van der Waals surface area contributed by atoms with E-state index in [1.807, 2.05) is 18.7 Å². The van der Waals surface area contributed by atoms with Gasteiger partial charge in [-0.25, -0.2) is 0 Å². The Morgan fingerprint density at radius 2 is 1.96 bits per heavy atom.